The predicted octanol–water partition coefficient (Wildman–Crippen LogP) is 0.382. The standard InChI is InChI=1S/C13H15FN4O2/c1-2-16-13(20)10-7-11(12(15)19)18(17-10)9-5-3-8(14)4-6-9/h3-6,11H,2,7H2,1H3,(H2,15,19)(H,16,20). The molecule has 6 nitrogen and oxygen atoms in total. The van der Waals surface area contributed by atoms with Crippen molar-refractivity contribution in [2.24, 2.45) is 10.8 Å². The second-order valence-corrected chi connectivity index (χ2v) is 4.35. The van der Waals surface area contributed by atoms with Gasteiger partial charge >= 0.3 is 0 Å². The lowest BCUT2D eigenvalue weighted by atomic mass is 10.1. The van der Waals surface area contributed by atoms with E-state index in [0.29, 0.717) is 12.2 Å². The molecule has 1 aliphatic heterocycles. The summed E-state index contributed by atoms with van der Waals surface area (Å²) >= 11 is 0. The quantitative estimate of drug-likeness (QED) is 0.834. The lowest BCUT2D eigenvalue weighted by molar-refractivity contribution is -0.119. The van der Waals surface area contributed by atoms with E-state index in [1.807, 2.05) is 0 Å². The van der Waals surface area contributed by atoms with Crippen molar-refractivity contribution in [1.29, 1.82) is 0 Å². The van der Waals surface area contributed by atoms with Crippen molar-refractivity contribution < 1.29 is 14.0 Å². The van der Waals surface area contributed by atoms with Crippen LogP contribution in [0.2, 0.25) is 0 Å². The highest BCUT2D eigenvalue weighted by Crippen LogP contribution is 2.24. The van der Waals surface area contributed by atoms with E-state index >= 15 is 0 Å². The van der Waals surface area contributed by atoms with Crippen molar-refractivity contribution in [3.63, 3.8) is 0 Å². The minimum Gasteiger partial charge on any atom is -0.368 e. The lowest BCUT2D eigenvalue weighted by Gasteiger charge is -2.20. The van der Waals surface area contributed by atoms with Gasteiger partial charge in [0.25, 0.3) is 5.91 Å². The Balaban J connectivity index is 2.29. The summed E-state index contributed by atoms with van der Waals surface area (Å²) in [5.41, 5.74) is 6.08. The average Bonchev–Trinajstić information content (AvgIpc) is 2.85. The molecule has 3 N–H and O–H groups in total. The van der Waals surface area contributed by atoms with Crippen LogP contribution in [0.4, 0.5) is 10.1 Å². The van der Waals surface area contributed by atoms with Crippen molar-refractivity contribution in [2.75, 3.05) is 11.6 Å². The summed E-state index contributed by atoms with van der Waals surface area (Å²) in [5, 5.41) is 8.10. The number of nitrogens with two attached hydrogens (primary N) is 1. The zero-order valence-corrected chi connectivity index (χ0v) is 11.0. The van der Waals surface area contributed by atoms with Gasteiger partial charge in [-0.3, -0.25) is 14.6 Å². The number of amides is 2. The van der Waals surface area contributed by atoms with Crippen LogP contribution in [0.5, 0.6) is 0 Å². The number of hydrazone groups is 1. The van der Waals surface area contributed by atoms with E-state index in [0.717, 1.165) is 0 Å². The fourth-order valence-electron chi connectivity index (χ4n) is 1.96. The van der Waals surface area contributed by atoms with Crippen LogP contribution in [0.3, 0.4) is 0 Å². The molecular weight excluding hydrogens is 263 g/mol. The predicted molar refractivity (Wildman–Crippen MR) is 72.6 cm³/mol. The molecule has 0 spiro atoms. The molecule has 1 aromatic carbocycles. The number of benzene rings is 1. The molecule has 1 atom stereocenters. The van der Waals surface area contributed by atoms with Crippen molar-refractivity contribution in [1.82, 2.24) is 5.32 Å². The molecule has 0 bridgehead atoms. The summed E-state index contributed by atoms with van der Waals surface area (Å²) in [6.45, 7) is 2.26. The summed E-state index contributed by atoms with van der Waals surface area (Å²) < 4.78 is 12.9. The third kappa shape index (κ3) is 2.76. The van der Waals surface area contributed by atoms with Crippen molar-refractivity contribution in [3.05, 3.63) is 30.1 Å². The van der Waals surface area contributed by atoms with Crippen molar-refractivity contribution >= 4 is 23.2 Å². The number of anilines is 1. The second kappa shape index (κ2) is 5.68. The number of carbonyl (C=O) groups is 2. The van der Waals surface area contributed by atoms with Crippen molar-refractivity contribution in [3.8, 4) is 0 Å². The van der Waals surface area contributed by atoms with E-state index in [1.165, 1.54) is 29.3 Å². The number of rotatable bonds is 4. The Hall–Kier alpha value is -2.44. The molecule has 20 heavy (non-hydrogen) atoms. The Morgan fingerprint density at radius 1 is 1.45 bits per heavy atom. The number of hydrogen-bond acceptors (Lipinski definition) is 4. The number of nitrogens with one attached hydrogen (secondary N) is 1. The first-order chi connectivity index (χ1) is 9.52. The molecule has 0 saturated carbocycles. The molecule has 2 amide bonds. The van der Waals surface area contributed by atoms with Crippen LogP contribution in [0.1, 0.15) is 13.3 Å². The van der Waals surface area contributed by atoms with E-state index in [1.54, 1.807) is 6.92 Å². The molecule has 0 saturated heterocycles. The third-order valence-electron chi connectivity index (χ3n) is 2.93. The molecule has 0 fully saturated rings. The van der Waals surface area contributed by atoms with Crippen LogP contribution in [0.15, 0.2) is 29.4 Å². The largest absolute Gasteiger partial charge is 0.368 e. The summed E-state index contributed by atoms with van der Waals surface area (Å²) in [4.78, 5) is 23.2. The molecule has 1 heterocycles. The number of hydrogen-bond donors (Lipinski definition) is 2. The first-order valence-electron chi connectivity index (χ1n) is 6.22. The molecule has 1 unspecified atom stereocenters. The fraction of sp³-hybridized carbons (Fsp3) is 0.308. The van der Waals surface area contributed by atoms with Gasteiger partial charge in [-0.1, -0.05) is 0 Å². The Bertz CT molecular complexity index is 556. The van der Waals surface area contributed by atoms with Crippen LogP contribution >= 0.6 is 0 Å². The van der Waals surface area contributed by atoms with E-state index < -0.39 is 17.8 Å². The van der Waals surface area contributed by atoms with Gasteiger partial charge in [-0.05, 0) is 31.2 Å². The monoisotopic (exact) mass is 278 g/mol. The maximum absolute atomic E-state index is 12.9. The Morgan fingerprint density at radius 3 is 2.65 bits per heavy atom. The lowest BCUT2D eigenvalue weighted by Crippen LogP contribution is -2.39. The zero-order chi connectivity index (χ0) is 14.7. The molecule has 0 radical (unpaired) electrons. The van der Waals surface area contributed by atoms with Gasteiger partial charge in [0.05, 0.1) is 5.69 Å². The summed E-state index contributed by atoms with van der Waals surface area (Å²) in [6.07, 6.45) is 0.137. The smallest absolute Gasteiger partial charge is 0.267 e. The molecule has 7 heteroatoms. The van der Waals surface area contributed by atoms with Gasteiger partial charge in [-0.15, -0.1) is 0 Å². The van der Waals surface area contributed by atoms with E-state index in [-0.39, 0.29) is 18.0 Å². The number of nitrogens with zero attached hydrogens (tertiary/aromatic N) is 2. The maximum atomic E-state index is 12.9. The molecular formula is C13H15FN4O2. The van der Waals surface area contributed by atoms with Crippen LogP contribution in [0.25, 0.3) is 0 Å². The first kappa shape index (κ1) is 14.0. The van der Waals surface area contributed by atoms with E-state index in [9.17, 15) is 14.0 Å². The topological polar surface area (TPSA) is 87.8 Å². The molecule has 1 aromatic rings. The van der Waals surface area contributed by atoms with Gasteiger partial charge in [-0.25, -0.2) is 4.39 Å². The van der Waals surface area contributed by atoms with Crippen molar-refractivity contribution in [2.45, 2.75) is 19.4 Å². The normalized spacial score (nSPS) is 17.8. The number of carbonyl (C=O) groups excluding carboxylic acids is 2. The van der Waals surface area contributed by atoms with Gasteiger partial charge in [0.15, 0.2) is 0 Å². The van der Waals surface area contributed by atoms with Crippen LogP contribution in [-0.4, -0.2) is 30.1 Å². The molecule has 0 aliphatic carbocycles. The number of primary amides is 1. The molecule has 106 valence electrons. The minimum absolute atomic E-state index is 0.137. The second-order valence-electron chi connectivity index (χ2n) is 4.35. The third-order valence-corrected chi connectivity index (χ3v) is 2.93. The van der Waals surface area contributed by atoms with Gasteiger partial charge in [0, 0.05) is 13.0 Å². The molecule has 2 rings (SSSR count). The zero-order valence-electron chi connectivity index (χ0n) is 11.0. The molecule has 1 aliphatic rings. The fourth-order valence-corrected chi connectivity index (χ4v) is 1.96. The van der Waals surface area contributed by atoms with Gasteiger partial charge in [0.2, 0.25) is 5.91 Å². The molecule has 0 aromatic heterocycles. The van der Waals surface area contributed by atoms with E-state index in [2.05, 4.69) is 10.4 Å². The Kier molecular flexibility index (Phi) is 3.97. The van der Waals surface area contributed by atoms with Crippen LogP contribution in [0, 0.1) is 5.82 Å². The van der Waals surface area contributed by atoms with Gasteiger partial charge in [-0.2, -0.15) is 5.10 Å². The summed E-state index contributed by atoms with van der Waals surface area (Å²) in [6, 6.07) is 4.74. The minimum atomic E-state index is -0.738. The van der Waals surface area contributed by atoms with Gasteiger partial charge in [0.1, 0.15) is 17.6 Å². The summed E-state index contributed by atoms with van der Waals surface area (Å²) in [7, 11) is 0. The Morgan fingerprint density at radius 2 is 2.10 bits per heavy atom. The van der Waals surface area contributed by atoms with E-state index in [4.69, 9.17) is 5.73 Å². The first-order valence-corrected chi connectivity index (χ1v) is 6.22. The Labute approximate surface area is 115 Å². The SMILES string of the molecule is CCNC(=O)C1=NN(c2ccc(F)cc2)C(C(N)=O)C1. The highest BCUT2D eigenvalue weighted by molar-refractivity contribution is 6.40. The summed E-state index contributed by atoms with van der Waals surface area (Å²) in [5.74, 6) is -1.31. The van der Waals surface area contributed by atoms with Crippen LogP contribution < -0.4 is 16.1 Å². The van der Waals surface area contributed by atoms with Crippen LogP contribution in [-0.2, 0) is 9.59 Å². The highest BCUT2D eigenvalue weighted by atomic mass is 19.1. The highest BCUT2D eigenvalue weighted by Gasteiger charge is 2.34. The van der Waals surface area contributed by atoms with Gasteiger partial charge < -0.3 is 11.1 Å². The number of halogens is 1. The maximum Gasteiger partial charge on any atom is 0.267 e. The average molecular weight is 278 g/mol.